The lowest BCUT2D eigenvalue weighted by atomic mass is 9.87. The second kappa shape index (κ2) is 5.54. The predicted octanol–water partition coefficient (Wildman–Crippen LogP) is 1.54. The quantitative estimate of drug-likeness (QED) is 0.764. The van der Waals surface area contributed by atoms with Gasteiger partial charge in [0.1, 0.15) is 0 Å². The van der Waals surface area contributed by atoms with Crippen LogP contribution in [-0.2, 0) is 10.9 Å². The van der Waals surface area contributed by atoms with E-state index in [0.717, 1.165) is 5.57 Å². The van der Waals surface area contributed by atoms with Crippen molar-refractivity contribution in [1.82, 2.24) is 4.31 Å². The number of hydrogen-bond donors (Lipinski definition) is 2. The molecule has 4 nitrogen and oxygen atoms in total. The average molecular weight is 269 g/mol. The Kier molecular flexibility index (Phi) is 4.53. The Balaban J connectivity index is 3.57. The van der Waals surface area contributed by atoms with Crippen molar-refractivity contribution in [2.75, 3.05) is 6.61 Å². The van der Waals surface area contributed by atoms with Crippen molar-refractivity contribution in [2.24, 2.45) is 0 Å². The van der Waals surface area contributed by atoms with Crippen LogP contribution in [0.1, 0.15) is 20.8 Å². The molecule has 1 rings (SSSR count). The number of hydrogen-bond acceptors (Lipinski definition) is 3. The maximum Gasteiger partial charge on any atom is 0.225 e. The van der Waals surface area contributed by atoms with Gasteiger partial charge in [0.2, 0.25) is 10.9 Å². The minimum atomic E-state index is -2.78. The average Bonchev–Trinajstić information content (AvgIpc) is 2.29. The van der Waals surface area contributed by atoms with Crippen LogP contribution < -0.4 is 0 Å². The van der Waals surface area contributed by atoms with Gasteiger partial charge in [-0.1, -0.05) is 24.8 Å². The van der Waals surface area contributed by atoms with Crippen LogP contribution in [0.25, 0.3) is 0 Å². The molecule has 18 heavy (non-hydrogen) atoms. The van der Waals surface area contributed by atoms with Crippen LogP contribution in [0.5, 0.6) is 0 Å². The first-order valence-corrected chi connectivity index (χ1v) is 6.79. The minimum Gasteiger partial charge on any atom is -0.392 e. The summed E-state index contributed by atoms with van der Waals surface area (Å²) >= 11 is 0. The molecule has 1 aliphatic rings. The highest BCUT2D eigenvalue weighted by molar-refractivity contribution is 7.70. The highest BCUT2D eigenvalue weighted by Gasteiger charge is 2.38. The first-order chi connectivity index (χ1) is 8.39. The molecule has 0 aromatic carbocycles. The first-order valence-electron chi connectivity index (χ1n) is 5.66. The molecule has 0 aliphatic carbocycles. The van der Waals surface area contributed by atoms with Gasteiger partial charge in [-0.2, -0.15) is 0 Å². The second-order valence-electron chi connectivity index (χ2n) is 4.47. The standard InChI is InChI=1S/C13H19NO3S/c1-5-7-10-8-11(9-15)13(3,4)14(18(16)17)12(10)6-2/h5-8,15,18H,1,9H2,2-4H3/b10-7-,12-6+. The molecule has 1 N–H and O–H groups in total. The summed E-state index contributed by atoms with van der Waals surface area (Å²) in [5.74, 6) is 0. The van der Waals surface area contributed by atoms with Crippen molar-refractivity contribution in [1.29, 1.82) is 0 Å². The van der Waals surface area contributed by atoms with Crippen molar-refractivity contribution < 1.29 is 13.5 Å². The zero-order valence-corrected chi connectivity index (χ0v) is 11.8. The van der Waals surface area contributed by atoms with E-state index in [1.54, 1.807) is 39.0 Å². The van der Waals surface area contributed by atoms with E-state index in [1.807, 2.05) is 6.08 Å². The summed E-state index contributed by atoms with van der Waals surface area (Å²) in [6, 6.07) is 0. The molecule has 5 heteroatoms. The molecule has 0 spiro atoms. The SMILES string of the molecule is C=C/C=C1/C=C(CO)C(C)(C)N([SH](=O)=O)/C1=C/C. The van der Waals surface area contributed by atoms with Gasteiger partial charge in [-0.15, -0.1) is 0 Å². The van der Waals surface area contributed by atoms with Crippen molar-refractivity contribution in [3.8, 4) is 0 Å². The highest BCUT2D eigenvalue weighted by Crippen LogP contribution is 2.37. The van der Waals surface area contributed by atoms with Gasteiger partial charge in [0.05, 0.1) is 17.8 Å². The van der Waals surface area contributed by atoms with Gasteiger partial charge in [-0.05, 0) is 38.0 Å². The van der Waals surface area contributed by atoms with Gasteiger partial charge in [0.25, 0.3) is 0 Å². The van der Waals surface area contributed by atoms with E-state index in [0.29, 0.717) is 11.3 Å². The lowest BCUT2D eigenvalue weighted by Crippen LogP contribution is -2.47. The molecule has 0 saturated carbocycles. The van der Waals surface area contributed by atoms with Gasteiger partial charge in [0.15, 0.2) is 0 Å². The van der Waals surface area contributed by atoms with E-state index >= 15 is 0 Å². The fourth-order valence-corrected chi connectivity index (χ4v) is 3.02. The van der Waals surface area contributed by atoms with Crippen LogP contribution in [-0.4, -0.2) is 30.0 Å². The van der Waals surface area contributed by atoms with Gasteiger partial charge in [0, 0.05) is 0 Å². The van der Waals surface area contributed by atoms with Crippen molar-refractivity contribution >= 4 is 10.9 Å². The van der Waals surface area contributed by atoms with Gasteiger partial charge in [-0.25, -0.2) is 8.42 Å². The van der Waals surface area contributed by atoms with E-state index < -0.39 is 16.4 Å². The molecule has 0 unspecified atom stereocenters. The maximum absolute atomic E-state index is 11.5. The second-order valence-corrected chi connectivity index (χ2v) is 5.34. The Hall–Kier alpha value is -1.33. The lowest BCUT2D eigenvalue weighted by molar-refractivity contribution is 0.256. The normalized spacial score (nSPS) is 23.6. The van der Waals surface area contributed by atoms with E-state index in [1.165, 1.54) is 4.31 Å². The molecule has 1 heterocycles. The molecule has 0 aromatic rings. The third-order valence-corrected chi connectivity index (χ3v) is 4.12. The number of aliphatic hydroxyl groups excluding tert-OH is 1. The molecule has 0 amide bonds. The lowest BCUT2D eigenvalue weighted by Gasteiger charge is -2.42. The van der Waals surface area contributed by atoms with E-state index in [2.05, 4.69) is 6.58 Å². The minimum absolute atomic E-state index is 0.182. The van der Waals surface area contributed by atoms with E-state index in [4.69, 9.17) is 0 Å². The number of aliphatic hydroxyl groups is 1. The summed E-state index contributed by atoms with van der Waals surface area (Å²) < 4.78 is 24.3. The molecule has 0 saturated heterocycles. The predicted molar refractivity (Wildman–Crippen MR) is 73.4 cm³/mol. The molecule has 0 atom stereocenters. The van der Waals surface area contributed by atoms with Crippen LogP contribution in [0.4, 0.5) is 0 Å². The molecular weight excluding hydrogens is 250 g/mol. The van der Waals surface area contributed by atoms with Crippen LogP contribution in [0, 0.1) is 0 Å². The molecule has 0 aromatic heterocycles. The molecule has 0 bridgehead atoms. The Bertz CT molecular complexity index is 502. The highest BCUT2D eigenvalue weighted by atomic mass is 32.2. The summed E-state index contributed by atoms with van der Waals surface area (Å²) in [4.78, 5) is 0. The Morgan fingerprint density at radius 2 is 2.11 bits per heavy atom. The molecule has 0 fully saturated rings. The van der Waals surface area contributed by atoms with Crippen molar-refractivity contribution in [3.63, 3.8) is 0 Å². The molecule has 0 radical (unpaired) electrons. The topological polar surface area (TPSA) is 57.6 Å². The summed E-state index contributed by atoms with van der Waals surface area (Å²) in [5.41, 5.74) is 1.23. The van der Waals surface area contributed by atoms with E-state index in [-0.39, 0.29) is 6.61 Å². The Labute approximate surface area is 110 Å². The fourth-order valence-electron chi connectivity index (χ4n) is 2.08. The zero-order valence-electron chi connectivity index (χ0n) is 10.9. The number of thiol groups is 1. The summed E-state index contributed by atoms with van der Waals surface area (Å²) in [6.45, 7) is 8.76. The van der Waals surface area contributed by atoms with Crippen LogP contribution in [0.15, 0.2) is 47.7 Å². The summed E-state index contributed by atoms with van der Waals surface area (Å²) in [7, 11) is -2.78. The van der Waals surface area contributed by atoms with Crippen molar-refractivity contribution in [3.05, 3.63) is 47.7 Å². The molecular formula is C13H19NO3S. The Morgan fingerprint density at radius 3 is 2.50 bits per heavy atom. The Morgan fingerprint density at radius 1 is 1.50 bits per heavy atom. The zero-order chi connectivity index (χ0) is 13.9. The summed E-state index contributed by atoms with van der Waals surface area (Å²) in [5, 5.41) is 9.41. The molecule has 1 aliphatic heterocycles. The smallest absolute Gasteiger partial charge is 0.225 e. The third kappa shape index (κ3) is 2.42. The van der Waals surface area contributed by atoms with Crippen LogP contribution in [0.3, 0.4) is 0 Å². The van der Waals surface area contributed by atoms with Gasteiger partial charge in [-0.3, -0.25) is 4.31 Å². The van der Waals surface area contributed by atoms with Gasteiger partial charge >= 0.3 is 0 Å². The van der Waals surface area contributed by atoms with Crippen LogP contribution >= 0.6 is 0 Å². The molecule has 100 valence electrons. The third-order valence-electron chi connectivity index (χ3n) is 3.07. The van der Waals surface area contributed by atoms with E-state index in [9.17, 15) is 13.5 Å². The van der Waals surface area contributed by atoms with Crippen LogP contribution in [0.2, 0.25) is 0 Å². The van der Waals surface area contributed by atoms with Crippen molar-refractivity contribution in [2.45, 2.75) is 26.3 Å². The monoisotopic (exact) mass is 269 g/mol. The largest absolute Gasteiger partial charge is 0.392 e. The summed E-state index contributed by atoms with van der Waals surface area (Å²) in [6.07, 6.45) is 6.88. The maximum atomic E-state index is 11.5. The first kappa shape index (κ1) is 14.7. The fraction of sp³-hybridized carbons (Fsp3) is 0.385. The van der Waals surface area contributed by atoms with Gasteiger partial charge < -0.3 is 5.11 Å². The number of rotatable bonds is 3. The number of nitrogens with zero attached hydrogens (tertiary/aromatic N) is 1. The number of allylic oxidation sites excluding steroid dienone is 4.